The van der Waals surface area contributed by atoms with Crippen LogP contribution >= 0.6 is 0 Å². The Morgan fingerprint density at radius 2 is 1.84 bits per heavy atom. The Labute approximate surface area is 260 Å². The van der Waals surface area contributed by atoms with Crippen LogP contribution in [0.3, 0.4) is 0 Å². The third kappa shape index (κ3) is 4.39. The Kier molecular flexibility index (Phi) is 8.07. The van der Waals surface area contributed by atoms with Gasteiger partial charge in [-0.05, 0) is 63.5 Å². The molecule has 0 bridgehead atoms. The zero-order chi connectivity index (χ0) is 31.8. The van der Waals surface area contributed by atoms with E-state index in [1.807, 2.05) is 18.7 Å². The largest absolute Gasteiger partial charge is 0.390 e. The molecular weight excluding hydrogens is 566 g/mol. The lowest BCUT2D eigenvalue weighted by Crippen LogP contribution is -2.70. The van der Waals surface area contributed by atoms with Crippen molar-refractivity contribution in [2.75, 3.05) is 26.2 Å². The van der Waals surface area contributed by atoms with E-state index in [1.54, 1.807) is 25.2 Å². The van der Waals surface area contributed by atoms with Gasteiger partial charge in [0.15, 0.2) is 23.3 Å². The molecular formula is C35H50F2N2O5. The predicted molar refractivity (Wildman–Crippen MR) is 163 cm³/mol. The van der Waals surface area contributed by atoms with Crippen LogP contribution in [0.25, 0.3) is 0 Å². The van der Waals surface area contributed by atoms with Gasteiger partial charge in [0.1, 0.15) is 6.17 Å². The molecule has 1 unspecified atom stereocenters. The lowest BCUT2D eigenvalue weighted by atomic mass is 9.44. The van der Waals surface area contributed by atoms with Gasteiger partial charge in [-0.1, -0.05) is 45.1 Å². The molecule has 0 aromatic heterocycles. The van der Waals surface area contributed by atoms with Crippen molar-refractivity contribution in [3.8, 4) is 0 Å². The Morgan fingerprint density at radius 3 is 2.50 bits per heavy atom. The van der Waals surface area contributed by atoms with E-state index in [2.05, 4.69) is 25.3 Å². The molecule has 3 saturated carbocycles. The van der Waals surface area contributed by atoms with Crippen LogP contribution in [-0.2, 0) is 19.1 Å². The number of halogens is 2. The summed E-state index contributed by atoms with van der Waals surface area (Å²) >= 11 is 0. The summed E-state index contributed by atoms with van der Waals surface area (Å²) < 4.78 is 46.7. The highest BCUT2D eigenvalue weighted by Crippen LogP contribution is 2.72. The van der Waals surface area contributed by atoms with Crippen LogP contribution in [0.2, 0.25) is 0 Å². The molecule has 2 heterocycles. The smallest absolute Gasteiger partial charge is 0.223 e. The summed E-state index contributed by atoms with van der Waals surface area (Å²) in [5.74, 6) is -1.60. The first kappa shape index (κ1) is 32.0. The van der Waals surface area contributed by atoms with Crippen LogP contribution in [-0.4, -0.2) is 94.8 Å². The van der Waals surface area contributed by atoms with E-state index in [4.69, 9.17) is 9.47 Å². The lowest BCUT2D eigenvalue weighted by molar-refractivity contribution is -0.234. The number of amides is 1. The standard InChI is InChI=1S/C35H50F2N2O5/c1-7-8-31-43-29-19-23-24-18-26(36)25-17-22(4)11-12-32(25,5)34(24,37)28(41)20-33(23,6)35(29,44-31)27(40)9-10-30(42)39-15-13-38(14-16-39)21(2)3/h11-12,17,21,23-24,26,28-29,31,41H,4,7-10,13-16,18-20H2,1-3,5-6H3/t23-,24-,26-,28-,29+,31?,32-,33-,34-,35+/m0/s1. The third-order valence-corrected chi connectivity index (χ3v) is 12.4. The van der Waals surface area contributed by atoms with Crippen molar-refractivity contribution in [2.45, 2.75) is 122 Å². The molecule has 1 N–H and O–H groups in total. The number of allylic oxidation sites excluding steroid dienone is 5. The number of hydrogen-bond donors (Lipinski definition) is 1. The summed E-state index contributed by atoms with van der Waals surface area (Å²) in [5, 5.41) is 11.8. The van der Waals surface area contributed by atoms with Gasteiger partial charge in [0.2, 0.25) is 5.91 Å². The molecule has 2 aliphatic heterocycles. The number of carbonyl (C=O) groups excluding carboxylic acids is 2. The number of fused-ring (bicyclic) bond motifs is 7. The fourth-order valence-corrected chi connectivity index (χ4v) is 10.0. The van der Waals surface area contributed by atoms with E-state index < -0.39 is 58.6 Å². The monoisotopic (exact) mass is 616 g/mol. The summed E-state index contributed by atoms with van der Waals surface area (Å²) in [6, 6.07) is 0.418. The molecule has 5 fully saturated rings. The molecule has 0 aromatic rings. The predicted octanol–water partition coefficient (Wildman–Crippen LogP) is 5.08. The normalized spacial score (nSPS) is 45.1. The number of alkyl halides is 2. The van der Waals surface area contributed by atoms with Gasteiger partial charge in [0.25, 0.3) is 0 Å². The van der Waals surface area contributed by atoms with E-state index >= 15 is 8.78 Å². The number of carbonyl (C=O) groups is 2. The highest BCUT2D eigenvalue weighted by atomic mass is 19.1. The quantitative estimate of drug-likeness (QED) is 0.430. The second-order valence-electron chi connectivity index (χ2n) is 14.9. The molecule has 44 heavy (non-hydrogen) atoms. The van der Waals surface area contributed by atoms with E-state index in [9.17, 15) is 14.7 Å². The summed E-state index contributed by atoms with van der Waals surface area (Å²) in [6.07, 6.45) is 2.55. The molecule has 9 heteroatoms. The first-order valence-corrected chi connectivity index (χ1v) is 16.7. The molecule has 0 spiro atoms. The van der Waals surface area contributed by atoms with Crippen molar-refractivity contribution in [1.29, 1.82) is 0 Å². The Bertz CT molecular complexity index is 1260. The van der Waals surface area contributed by atoms with Gasteiger partial charge in [-0.3, -0.25) is 14.5 Å². The SMILES string of the molecule is C=C1C=C[C@@]2(C)C(=C1)[C@@H](F)C[C@H]1[C@@H]3C[C@H]4OC(CCC)O[C@@]4(C(=O)CCC(=O)N4CCN(C(C)C)CC4)[C@@]3(C)C[C@H](O)[C@@]12F. The minimum absolute atomic E-state index is 0.0190. The van der Waals surface area contributed by atoms with Gasteiger partial charge in [-0.15, -0.1) is 0 Å². The minimum Gasteiger partial charge on any atom is -0.390 e. The highest BCUT2D eigenvalue weighted by Gasteiger charge is 2.79. The van der Waals surface area contributed by atoms with Crippen molar-refractivity contribution in [2.24, 2.45) is 22.7 Å². The molecule has 0 radical (unpaired) electrons. The van der Waals surface area contributed by atoms with Crippen molar-refractivity contribution in [1.82, 2.24) is 9.80 Å². The average Bonchev–Trinajstić information content (AvgIpc) is 3.46. The van der Waals surface area contributed by atoms with E-state index in [0.717, 1.165) is 19.5 Å². The second-order valence-corrected chi connectivity index (χ2v) is 14.9. The van der Waals surface area contributed by atoms with Crippen LogP contribution in [0.4, 0.5) is 8.78 Å². The average molecular weight is 617 g/mol. The van der Waals surface area contributed by atoms with Gasteiger partial charge in [-0.25, -0.2) is 8.78 Å². The molecule has 2 saturated heterocycles. The summed E-state index contributed by atoms with van der Waals surface area (Å²) in [6.45, 7) is 16.7. The zero-order valence-electron chi connectivity index (χ0n) is 27.0. The summed E-state index contributed by atoms with van der Waals surface area (Å²) in [5.41, 5.74) is -4.98. The topological polar surface area (TPSA) is 79.3 Å². The zero-order valence-corrected chi connectivity index (χ0v) is 27.0. The molecule has 1 amide bonds. The van der Waals surface area contributed by atoms with Crippen LogP contribution in [0.15, 0.2) is 36.0 Å². The Balaban J connectivity index is 1.29. The first-order chi connectivity index (χ1) is 20.7. The van der Waals surface area contributed by atoms with Gasteiger partial charge in [0.05, 0.1) is 12.2 Å². The van der Waals surface area contributed by atoms with E-state index in [-0.39, 0.29) is 37.4 Å². The number of ketones is 1. The molecule has 10 atom stereocenters. The number of piperazine rings is 1. The number of rotatable bonds is 7. The maximum Gasteiger partial charge on any atom is 0.223 e. The van der Waals surface area contributed by atoms with E-state index in [1.165, 1.54) is 0 Å². The molecule has 6 rings (SSSR count). The Hall–Kier alpha value is -1.94. The number of hydrogen-bond acceptors (Lipinski definition) is 6. The second kappa shape index (κ2) is 11.1. The number of aliphatic hydroxyl groups excluding tert-OH is 1. The highest BCUT2D eigenvalue weighted by molar-refractivity contribution is 5.93. The van der Waals surface area contributed by atoms with Gasteiger partial charge in [0, 0.05) is 61.8 Å². The summed E-state index contributed by atoms with van der Waals surface area (Å²) in [4.78, 5) is 31.9. The number of nitrogens with zero attached hydrogens (tertiary/aromatic N) is 2. The molecule has 4 aliphatic carbocycles. The molecule has 244 valence electrons. The van der Waals surface area contributed by atoms with Crippen molar-refractivity contribution in [3.63, 3.8) is 0 Å². The van der Waals surface area contributed by atoms with Crippen LogP contribution in [0.1, 0.15) is 79.6 Å². The number of Topliss-reactive ketones (excluding diaryl/α,β-unsaturated/α-hetero) is 1. The minimum atomic E-state index is -2.14. The van der Waals surface area contributed by atoms with Gasteiger partial charge in [-0.2, -0.15) is 0 Å². The Morgan fingerprint density at radius 1 is 1.14 bits per heavy atom. The van der Waals surface area contributed by atoms with Crippen LogP contribution in [0, 0.1) is 22.7 Å². The van der Waals surface area contributed by atoms with Crippen LogP contribution in [0.5, 0.6) is 0 Å². The molecule has 0 aromatic carbocycles. The fraction of sp³-hybridized carbons (Fsp3) is 0.771. The molecule has 7 nitrogen and oxygen atoms in total. The number of aliphatic hydroxyl groups is 1. The van der Waals surface area contributed by atoms with E-state index in [0.29, 0.717) is 43.1 Å². The first-order valence-electron chi connectivity index (χ1n) is 16.7. The van der Waals surface area contributed by atoms with Crippen molar-refractivity contribution >= 4 is 11.7 Å². The lowest BCUT2D eigenvalue weighted by Gasteiger charge is -2.63. The number of ether oxygens (including phenoxy) is 2. The maximum absolute atomic E-state index is 17.7. The third-order valence-electron chi connectivity index (χ3n) is 12.4. The van der Waals surface area contributed by atoms with Crippen molar-refractivity contribution in [3.05, 3.63) is 36.0 Å². The fourth-order valence-electron chi connectivity index (χ4n) is 10.0. The van der Waals surface area contributed by atoms with Crippen molar-refractivity contribution < 1.29 is 33.0 Å². The summed E-state index contributed by atoms with van der Waals surface area (Å²) in [7, 11) is 0. The van der Waals surface area contributed by atoms with Gasteiger partial charge >= 0.3 is 0 Å². The van der Waals surface area contributed by atoms with Gasteiger partial charge < -0.3 is 19.5 Å². The van der Waals surface area contributed by atoms with Crippen LogP contribution < -0.4 is 0 Å². The molecule has 6 aliphatic rings. The maximum atomic E-state index is 17.7.